The zero-order valence-corrected chi connectivity index (χ0v) is 12.5. The second-order valence-electron chi connectivity index (χ2n) is 6.47. The zero-order valence-electron chi connectivity index (χ0n) is 12.5. The normalized spacial score (nSPS) is 21.9. The van der Waals surface area contributed by atoms with Gasteiger partial charge in [0.1, 0.15) is 5.75 Å². The molecular weight excluding hydrogens is 248 g/mol. The standard InChI is InChI=1S/C17H26N2O/c1-20-16-13-14(5-6-15(16)18)19-11-9-17(10-12-19)7-3-2-4-8-17/h5-6,13H,2-4,7-12,18H2,1H3. The molecule has 3 heteroatoms. The molecule has 0 aromatic heterocycles. The molecule has 0 bridgehead atoms. The zero-order chi connectivity index (χ0) is 14.0. The molecule has 3 nitrogen and oxygen atoms in total. The smallest absolute Gasteiger partial charge is 0.143 e. The van der Waals surface area contributed by atoms with Crippen molar-refractivity contribution in [1.29, 1.82) is 0 Å². The van der Waals surface area contributed by atoms with E-state index in [2.05, 4.69) is 17.0 Å². The van der Waals surface area contributed by atoms with Crippen LogP contribution in [0, 0.1) is 5.41 Å². The molecule has 110 valence electrons. The third-order valence-corrected chi connectivity index (χ3v) is 5.32. The predicted molar refractivity (Wildman–Crippen MR) is 84.4 cm³/mol. The van der Waals surface area contributed by atoms with Crippen molar-refractivity contribution in [3.63, 3.8) is 0 Å². The van der Waals surface area contributed by atoms with Crippen molar-refractivity contribution in [2.45, 2.75) is 44.9 Å². The summed E-state index contributed by atoms with van der Waals surface area (Å²) >= 11 is 0. The molecule has 20 heavy (non-hydrogen) atoms. The Morgan fingerprint density at radius 2 is 1.75 bits per heavy atom. The highest BCUT2D eigenvalue weighted by Gasteiger charge is 2.35. The third-order valence-electron chi connectivity index (χ3n) is 5.32. The molecule has 1 saturated heterocycles. The van der Waals surface area contributed by atoms with Crippen LogP contribution < -0.4 is 15.4 Å². The van der Waals surface area contributed by atoms with Crippen molar-refractivity contribution in [3.05, 3.63) is 18.2 Å². The van der Waals surface area contributed by atoms with E-state index in [0.717, 1.165) is 11.4 Å². The van der Waals surface area contributed by atoms with Crippen LogP contribution >= 0.6 is 0 Å². The number of nitrogen functional groups attached to an aromatic ring is 1. The van der Waals surface area contributed by atoms with E-state index in [9.17, 15) is 0 Å². The van der Waals surface area contributed by atoms with Gasteiger partial charge in [-0.3, -0.25) is 0 Å². The number of hydrogen-bond acceptors (Lipinski definition) is 3. The fourth-order valence-electron chi connectivity index (χ4n) is 3.94. The number of methoxy groups -OCH3 is 1. The van der Waals surface area contributed by atoms with Gasteiger partial charge < -0.3 is 15.4 Å². The number of nitrogens with two attached hydrogens (primary N) is 1. The van der Waals surface area contributed by atoms with Crippen LogP contribution in [0.15, 0.2) is 18.2 Å². The molecule has 3 rings (SSSR count). The Labute approximate surface area is 122 Å². The first-order valence-electron chi connectivity index (χ1n) is 7.91. The average molecular weight is 274 g/mol. The molecule has 1 aliphatic carbocycles. The molecule has 0 amide bonds. The molecular formula is C17H26N2O. The second kappa shape index (κ2) is 5.55. The van der Waals surface area contributed by atoms with Gasteiger partial charge in [-0.25, -0.2) is 0 Å². The van der Waals surface area contributed by atoms with Crippen LogP contribution in [0.3, 0.4) is 0 Å². The minimum atomic E-state index is 0.659. The van der Waals surface area contributed by atoms with Crippen molar-refractivity contribution in [3.8, 4) is 5.75 Å². The van der Waals surface area contributed by atoms with Crippen LogP contribution in [-0.2, 0) is 0 Å². The van der Waals surface area contributed by atoms with Gasteiger partial charge in [0.05, 0.1) is 12.8 Å². The number of ether oxygens (including phenoxy) is 1. The summed E-state index contributed by atoms with van der Waals surface area (Å²) in [5.41, 5.74) is 8.53. The average Bonchev–Trinajstić information content (AvgIpc) is 2.50. The lowest BCUT2D eigenvalue weighted by molar-refractivity contribution is 0.144. The summed E-state index contributed by atoms with van der Waals surface area (Å²) in [5.74, 6) is 0.792. The molecule has 1 aromatic rings. The number of nitrogens with zero attached hydrogens (tertiary/aromatic N) is 1. The molecule has 1 heterocycles. The summed E-state index contributed by atoms with van der Waals surface area (Å²) in [7, 11) is 1.68. The Bertz CT molecular complexity index is 456. The lowest BCUT2D eigenvalue weighted by Crippen LogP contribution is -2.41. The fraction of sp³-hybridized carbons (Fsp3) is 0.647. The highest BCUT2D eigenvalue weighted by Crippen LogP contribution is 2.45. The number of benzene rings is 1. The highest BCUT2D eigenvalue weighted by molar-refractivity contribution is 5.62. The van der Waals surface area contributed by atoms with Gasteiger partial charge in [-0.1, -0.05) is 19.3 Å². The van der Waals surface area contributed by atoms with E-state index in [1.54, 1.807) is 7.11 Å². The maximum atomic E-state index is 5.90. The Morgan fingerprint density at radius 1 is 1.05 bits per heavy atom. The summed E-state index contributed by atoms with van der Waals surface area (Å²) in [6.07, 6.45) is 9.92. The van der Waals surface area contributed by atoms with Crippen molar-refractivity contribution in [2.75, 3.05) is 30.8 Å². The molecule has 1 aliphatic heterocycles. The van der Waals surface area contributed by atoms with E-state index in [1.165, 1.54) is 63.7 Å². The van der Waals surface area contributed by atoms with Crippen molar-refractivity contribution in [1.82, 2.24) is 0 Å². The van der Waals surface area contributed by atoms with Crippen LogP contribution in [0.5, 0.6) is 5.75 Å². The highest BCUT2D eigenvalue weighted by atomic mass is 16.5. The van der Waals surface area contributed by atoms with Gasteiger partial charge in [0.15, 0.2) is 0 Å². The third kappa shape index (κ3) is 2.58. The summed E-state index contributed by atoms with van der Waals surface area (Å²) in [4.78, 5) is 2.49. The van der Waals surface area contributed by atoms with Crippen molar-refractivity contribution >= 4 is 11.4 Å². The lowest BCUT2D eigenvalue weighted by Gasteiger charge is -2.45. The SMILES string of the molecule is COc1cc(N2CCC3(CCCCC3)CC2)ccc1N. The lowest BCUT2D eigenvalue weighted by atomic mass is 9.68. The van der Waals surface area contributed by atoms with Crippen LogP contribution in [0.25, 0.3) is 0 Å². The summed E-state index contributed by atoms with van der Waals surface area (Å²) in [5, 5.41) is 0. The summed E-state index contributed by atoms with van der Waals surface area (Å²) < 4.78 is 5.33. The number of hydrogen-bond donors (Lipinski definition) is 1. The predicted octanol–water partition coefficient (Wildman–Crippen LogP) is 3.83. The van der Waals surface area contributed by atoms with E-state index in [4.69, 9.17) is 10.5 Å². The van der Waals surface area contributed by atoms with Gasteiger partial charge in [0, 0.05) is 24.8 Å². The van der Waals surface area contributed by atoms with Crippen molar-refractivity contribution < 1.29 is 4.74 Å². The van der Waals surface area contributed by atoms with Gasteiger partial charge in [-0.2, -0.15) is 0 Å². The molecule has 0 unspecified atom stereocenters. The molecule has 2 N–H and O–H groups in total. The Morgan fingerprint density at radius 3 is 2.40 bits per heavy atom. The van der Waals surface area contributed by atoms with E-state index >= 15 is 0 Å². The molecule has 2 fully saturated rings. The summed E-state index contributed by atoms with van der Waals surface area (Å²) in [6, 6.07) is 6.16. The first kappa shape index (κ1) is 13.6. The monoisotopic (exact) mass is 274 g/mol. The van der Waals surface area contributed by atoms with Crippen LogP contribution in [-0.4, -0.2) is 20.2 Å². The first-order valence-corrected chi connectivity index (χ1v) is 7.91. The number of rotatable bonds is 2. The van der Waals surface area contributed by atoms with Gasteiger partial charge in [-0.15, -0.1) is 0 Å². The molecule has 0 atom stereocenters. The number of piperidine rings is 1. The Balaban J connectivity index is 1.68. The minimum absolute atomic E-state index is 0.659. The van der Waals surface area contributed by atoms with E-state index in [1.807, 2.05) is 6.07 Å². The van der Waals surface area contributed by atoms with Gasteiger partial charge in [0.2, 0.25) is 0 Å². The first-order chi connectivity index (χ1) is 9.72. The number of anilines is 2. The maximum absolute atomic E-state index is 5.90. The fourth-order valence-corrected chi connectivity index (χ4v) is 3.94. The van der Waals surface area contributed by atoms with Gasteiger partial charge >= 0.3 is 0 Å². The molecule has 1 saturated carbocycles. The molecule has 1 spiro atoms. The minimum Gasteiger partial charge on any atom is -0.495 e. The topological polar surface area (TPSA) is 38.5 Å². The molecule has 2 aliphatic rings. The Kier molecular flexibility index (Phi) is 3.77. The van der Waals surface area contributed by atoms with Gasteiger partial charge in [0.25, 0.3) is 0 Å². The quantitative estimate of drug-likeness (QED) is 0.833. The van der Waals surface area contributed by atoms with Crippen molar-refractivity contribution in [2.24, 2.45) is 5.41 Å². The van der Waals surface area contributed by atoms with E-state index in [-0.39, 0.29) is 0 Å². The largest absolute Gasteiger partial charge is 0.495 e. The molecule has 0 radical (unpaired) electrons. The van der Waals surface area contributed by atoms with Crippen LogP contribution in [0.1, 0.15) is 44.9 Å². The van der Waals surface area contributed by atoms with E-state index < -0.39 is 0 Å². The second-order valence-corrected chi connectivity index (χ2v) is 6.47. The van der Waals surface area contributed by atoms with Gasteiger partial charge in [-0.05, 0) is 43.2 Å². The Hall–Kier alpha value is -1.38. The summed E-state index contributed by atoms with van der Waals surface area (Å²) in [6.45, 7) is 2.35. The van der Waals surface area contributed by atoms with Crippen LogP contribution in [0.2, 0.25) is 0 Å². The van der Waals surface area contributed by atoms with E-state index in [0.29, 0.717) is 5.41 Å². The molecule has 1 aromatic carbocycles. The van der Waals surface area contributed by atoms with Crippen LogP contribution in [0.4, 0.5) is 11.4 Å². The maximum Gasteiger partial charge on any atom is 0.143 e.